The fourth-order valence-electron chi connectivity index (χ4n) is 2.28. The zero-order chi connectivity index (χ0) is 13.8. The van der Waals surface area contributed by atoms with E-state index in [0.717, 1.165) is 12.7 Å². The van der Waals surface area contributed by atoms with Crippen molar-refractivity contribution in [3.8, 4) is 0 Å². The summed E-state index contributed by atoms with van der Waals surface area (Å²) in [5.41, 5.74) is 0. The van der Waals surface area contributed by atoms with Gasteiger partial charge >= 0.3 is 0 Å². The van der Waals surface area contributed by atoms with E-state index < -0.39 is 16.1 Å². The van der Waals surface area contributed by atoms with Gasteiger partial charge in [-0.15, -0.1) is 0 Å². The highest BCUT2D eigenvalue weighted by atomic mass is 32.2. The molecule has 1 unspecified atom stereocenters. The maximum Gasteiger partial charge on any atom is 0.241 e. The SMILES string of the molecule is CCN(CCCO)C(=O)C1CCCN1S(C)(=O)=O. The second kappa shape index (κ2) is 6.49. The Kier molecular flexibility index (Phi) is 5.55. The Labute approximate surface area is 109 Å². The van der Waals surface area contributed by atoms with Crippen molar-refractivity contribution in [3.05, 3.63) is 0 Å². The van der Waals surface area contributed by atoms with Gasteiger partial charge in [0, 0.05) is 26.2 Å². The van der Waals surface area contributed by atoms with Gasteiger partial charge in [-0.05, 0) is 26.2 Å². The van der Waals surface area contributed by atoms with Crippen LogP contribution in [0.2, 0.25) is 0 Å². The summed E-state index contributed by atoms with van der Waals surface area (Å²) in [5, 5.41) is 8.79. The van der Waals surface area contributed by atoms with Crippen LogP contribution in [0.15, 0.2) is 0 Å². The van der Waals surface area contributed by atoms with Gasteiger partial charge in [0.15, 0.2) is 0 Å². The molecule has 1 heterocycles. The van der Waals surface area contributed by atoms with Crippen molar-refractivity contribution in [2.75, 3.05) is 32.5 Å². The van der Waals surface area contributed by atoms with E-state index in [1.54, 1.807) is 4.90 Å². The van der Waals surface area contributed by atoms with E-state index >= 15 is 0 Å². The minimum absolute atomic E-state index is 0.0320. The minimum Gasteiger partial charge on any atom is -0.396 e. The summed E-state index contributed by atoms with van der Waals surface area (Å²) in [6.45, 7) is 3.32. The van der Waals surface area contributed by atoms with Crippen LogP contribution in [0.1, 0.15) is 26.2 Å². The molecular formula is C11H22N2O4S. The molecule has 0 aromatic rings. The van der Waals surface area contributed by atoms with E-state index in [1.807, 2.05) is 6.92 Å². The molecule has 106 valence electrons. The fourth-order valence-corrected chi connectivity index (χ4v) is 3.40. The molecule has 1 amide bonds. The van der Waals surface area contributed by atoms with Gasteiger partial charge in [-0.1, -0.05) is 0 Å². The van der Waals surface area contributed by atoms with Gasteiger partial charge in [0.25, 0.3) is 0 Å². The largest absolute Gasteiger partial charge is 0.396 e. The minimum atomic E-state index is -3.32. The maximum absolute atomic E-state index is 12.3. The number of amides is 1. The number of carbonyl (C=O) groups excluding carboxylic acids is 1. The van der Waals surface area contributed by atoms with E-state index in [2.05, 4.69) is 0 Å². The van der Waals surface area contributed by atoms with Crippen molar-refractivity contribution in [1.29, 1.82) is 0 Å². The summed E-state index contributed by atoms with van der Waals surface area (Å²) in [7, 11) is -3.32. The topological polar surface area (TPSA) is 77.9 Å². The lowest BCUT2D eigenvalue weighted by atomic mass is 10.2. The fraction of sp³-hybridized carbons (Fsp3) is 0.909. The first kappa shape index (κ1) is 15.4. The molecule has 1 fully saturated rings. The van der Waals surface area contributed by atoms with Crippen molar-refractivity contribution < 1.29 is 18.3 Å². The van der Waals surface area contributed by atoms with E-state index in [-0.39, 0.29) is 12.5 Å². The molecule has 18 heavy (non-hydrogen) atoms. The van der Waals surface area contributed by atoms with E-state index in [0.29, 0.717) is 32.5 Å². The smallest absolute Gasteiger partial charge is 0.241 e. The second-order valence-corrected chi connectivity index (χ2v) is 6.46. The van der Waals surface area contributed by atoms with Crippen LogP contribution in [0.3, 0.4) is 0 Å². The Morgan fingerprint density at radius 3 is 2.67 bits per heavy atom. The van der Waals surface area contributed by atoms with Gasteiger partial charge in [0.05, 0.1) is 6.26 Å². The van der Waals surface area contributed by atoms with Gasteiger partial charge in [-0.2, -0.15) is 4.31 Å². The lowest BCUT2D eigenvalue weighted by molar-refractivity contribution is -0.134. The lowest BCUT2D eigenvalue weighted by Crippen LogP contribution is -2.47. The molecule has 0 bridgehead atoms. The van der Waals surface area contributed by atoms with Crippen molar-refractivity contribution in [2.45, 2.75) is 32.2 Å². The number of aliphatic hydroxyl groups excluding tert-OH is 1. The van der Waals surface area contributed by atoms with Crippen molar-refractivity contribution in [3.63, 3.8) is 0 Å². The molecular weight excluding hydrogens is 256 g/mol. The number of sulfonamides is 1. The zero-order valence-electron chi connectivity index (χ0n) is 11.0. The predicted molar refractivity (Wildman–Crippen MR) is 68.5 cm³/mol. The van der Waals surface area contributed by atoms with Gasteiger partial charge < -0.3 is 10.0 Å². The van der Waals surface area contributed by atoms with Crippen LogP contribution in [-0.2, 0) is 14.8 Å². The summed E-state index contributed by atoms with van der Waals surface area (Å²) in [6.07, 6.45) is 2.97. The first-order chi connectivity index (χ1) is 8.41. The Morgan fingerprint density at radius 2 is 2.17 bits per heavy atom. The van der Waals surface area contributed by atoms with E-state index in [4.69, 9.17) is 5.11 Å². The summed E-state index contributed by atoms with van der Waals surface area (Å²) in [4.78, 5) is 13.9. The monoisotopic (exact) mass is 278 g/mol. The van der Waals surface area contributed by atoms with Crippen LogP contribution in [0.4, 0.5) is 0 Å². The number of likely N-dealkylation sites (N-methyl/N-ethyl adjacent to an activating group) is 1. The molecule has 1 saturated heterocycles. The molecule has 7 heteroatoms. The van der Waals surface area contributed by atoms with E-state index in [9.17, 15) is 13.2 Å². The third-order valence-corrected chi connectivity index (χ3v) is 4.48. The van der Waals surface area contributed by atoms with Crippen molar-refractivity contribution in [1.82, 2.24) is 9.21 Å². The number of nitrogens with zero attached hydrogens (tertiary/aromatic N) is 2. The van der Waals surface area contributed by atoms with Crippen molar-refractivity contribution in [2.24, 2.45) is 0 Å². The summed E-state index contributed by atoms with van der Waals surface area (Å²) < 4.78 is 24.5. The molecule has 1 aliphatic rings. The number of rotatable bonds is 6. The van der Waals surface area contributed by atoms with Gasteiger partial charge in [0.1, 0.15) is 6.04 Å². The predicted octanol–water partition coefficient (Wildman–Crippen LogP) is -0.359. The first-order valence-corrected chi connectivity index (χ1v) is 8.13. The molecule has 0 aromatic carbocycles. The molecule has 0 saturated carbocycles. The molecule has 1 aliphatic heterocycles. The Bertz CT molecular complexity index is 383. The Hall–Kier alpha value is -0.660. The highest BCUT2D eigenvalue weighted by Gasteiger charge is 2.38. The molecule has 1 N–H and O–H groups in total. The molecule has 0 radical (unpaired) electrons. The molecule has 6 nitrogen and oxygen atoms in total. The number of aliphatic hydroxyl groups is 1. The standard InChI is InChI=1S/C11H22N2O4S/c1-3-12(7-5-9-14)11(15)10-6-4-8-13(10)18(2,16)17/h10,14H,3-9H2,1-2H3. The Balaban J connectivity index is 2.75. The third-order valence-electron chi connectivity index (χ3n) is 3.19. The summed E-state index contributed by atoms with van der Waals surface area (Å²) >= 11 is 0. The normalized spacial score (nSPS) is 21.2. The highest BCUT2D eigenvalue weighted by molar-refractivity contribution is 7.88. The van der Waals surface area contributed by atoms with Crippen molar-refractivity contribution >= 4 is 15.9 Å². The van der Waals surface area contributed by atoms with Gasteiger partial charge in [-0.3, -0.25) is 4.79 Å². The highest BCUT2D eigenvalue weighted by Crippen LogP contribution is 2.22. The second-order valence-electron chi connectivity index (χ2n) is 4.53. The number of hydrogen-bond acceptors (Lipinski definition) is 4. The number of hydrogen-bond donors (Lipinski definition) is 1. The van der Waals surface area contributed by atoms with E-state index in [1.165, 1.54) is 4.31 Å². The van der Waals surface area contributed by atoms with Gasteiger partial charge in [-0.25, -0.2) is 8.42 Å². The average Bonchev–Trinajstić information content (AvgIpc) is 2.78. The third kappa shape index (κ3) is 3.66. The van der Waals surface area contributed by atoms with Crippen LogP contribution >= 0.6 is 0 Å². The van der Waals surface area contributed by atoms with Crippen LogP contribution in [0, 0.1) is 0 Å². The molecule has 1 rings (SSSR count). The summed E-state index contributed by atoms with van der Waals surface area (Å²) in [6, 6.07) is -0.557. The first-order valence-electron chi connectivity index (χ1n) is 6.28. The van der Waals surface area contributed by atoms with Crippen LogP contribution in [0.5, 0.6) is 0 Å². The molecule has 0 aliphatic carbocycles. The van der Waals surface area contributed by atoms with Crippen LogP contribution in [0.25, 0.3) is 0 Å². The Morgan fingerprint density at radius 1 is 1.50 bits per heavy atom. The van der Waals surface area contributed by atoms with Gasteiger partial charge in [0.2, 0.25) is 15.9 Å². The maximum atomic E-state index is 12.3. The number of carbonyl (C=O) groups is 1. The summed E-state index contributed by atoms with van der Waals surface area (Å²) in [5.74, 6) is -0.145. The molecule has 1 atom stereocenters. The molecule has 0 spiro atoms. The zero-order valence-corrected chi connectivity index (χ0v) is 11.8. The average molecular weight is 278 g/mol. The lowest BCUT2D eigenvalue weighted by Gasteiger charge is -2.28. The quantitative estimate of drug-likeness (QED) is 0.720. The van der Waals surface area contributed by atoms with Crippen LogP contribution in [-0.4, -0.2) is 67.2 Å². The molecule has 0 aromatic heterocycles. The van der Waals surface area contributed by atoms with Crippen LogP contribution < -0.4 is 0 Å².